The van der Waals surface area contributed by atoms with Gasteiger partial charge in [0.1, 0.15) is 5.82 Å². The van der Waals surface area contributed by atoms with Gasteiger partial charge in [0.2, 0.25) is 0 Å². The Morgan fingerprint density at radius 1 is 1.21 bits per heavy atom. The lowest BCUT2D eigenvalue weighted by molar-refractivity contribution is 0.0696. The van der Waals surface area contributed by atoms with Gasteiger partial charge in [0.05, 0.1) is 5.56 Å². The zero-order valence-corrected chi connectivity index (χ0v) is 10.8. The maximum Gasteiger partial charge on any atom is 0.337 e. The van der Waals surface area contributed by atoms with E-state index in [0.717, 1.165) is 6.42 Å². The molecule has 4 heteroatoms. The maximum atomic E-state index is 10.7. The fourth-order valence-electron chi connectivity index (χ4n) is 1.89. The molecule has 2 aromatic rings. The Hall–Kier alpha value is -2.36. The Labute approximate surface area is 112 Å². The Balaban J connectivity index is 2.04. The highest BCUT2D eigenvalue weighted by Crippen LogP contribution is 2.12. The summed E-state index contributed by atoms with van der Waals surface area (Å²) < 4.78 is 0. The SMILES string of the molecule is CCc1ccccc1CNc1ccc(C(=O)O)cn1. The van der Waals surface area contributed by atoms with Crippen LogP contribution in [0.2, 0.25) is 0 Å². The molecule has 0 unspecified atom stereocenters. The highest BCUT2D eigenvalue weighted by molar-refractivity contribution is 5.87. The van der Waals surface area contributed by atoms with Gasteiger partial charge >= 0.3 is 5.97 Å². The zero-order valence-electron chi connectivity index (χ0n) is 10.8. The van der Waals surface area contributed by atoms with Crippen molar-refractivity contribution in [2.75, 3.05) is 5.32 Å². The van der Waals surface area contributed by atoms with Crippen LogP contribution in [0.5, 0.6) is 0 Å². The van der Waals surface area contributed by atoms with Crippen LogP contribution in [0.3, 0.4) is 0 Å². The fraction of sp³-hybridized carbons (Fsp3) is 0.200. The van der Waals surface area contributed by atoms with Crippen molar-refractivity contribution in [3.05, 3.63) is 59.3 Å². The van der Waals surface area contributed by atoms with Crippen molar-refractivity contribution >= 4 is 11.8 Å². The monoisotopic (exact) mass is 256 g/mol. The second-order valence-electron chi connectivity index (χ2n) is 4.21. The number of nitrogens with zero attached hydrogens (tertiary/aromatic N) is 1. The molecule has 0 saturated heterocycles. The Bertz CT molecular complexity index is 565. The van der Waals surface area contributed by atoms with E-state index < -0.39 is 5.97 Å². The van der Waals surface area contributed by atoms with Crippen molar-refractivity contribution in [1.29, 1.82) is 0 Å². The molecule has 0 aliphatic heterocycles. The summed E-state index contributed by atoms with van der Waals surface area (Å²) in [4.78, 5) is 14.8. The molecule has 0 spiro atoms. The van der Waals surface area contributed by atoms with E-state index in [-0.39, 0.29) is 5.56 Å². The number of pyridine rings is 1. The molecule has 19 heavy (non-hydrogen) atoms. The van der Waals surface area contributed by atoms with E-state index in [4.69, 9.17) is 5.11 Å². The highest BCUT2D eigenvalue weighted by Gasteiger charge is 2.03. The summed E-state index contributed by atoms with van der Waals surface area (Å²) >= 11 is 0. The molecule has 0 saturated carbocycles. The molecule has 0 amide bonds. The second-order valence-corrected chi connectivity index (χ2v) is 4.21. The van der Waals surface area contributed by atoms with Gasteiger partial charge in [-0.2, -0.15) is 0 Å². The van der Waals surface area contributed by atoms with Gasteiger partial charge in [0.15, 0.2) is 0 Å². The molecule has 0 aliphatic carbocycles. The number of aryl methyl sites for hydroxylation is 1. The average molecular weight is 256 g/mol. The van der Waals surface area contributed by atoms with Gasteiger partial charge in [-0.25, -0.2) is 9.78 Å². The molecule has 1 aromatic heterocycles. The van der Waals surface area contributed by atoms with Crippen molar-refractivity contribution in [3.63, 3.8) is 0 Å². The van der Waals surface area contributed by atoms with Gasteiger partial charge in [-0.1, -0.05) is 31.2 Å². The standard InChI is InChI=1S/C15H16N2O2/c1-2-11-5-3-4-6-12(11)9-16-14-8-7-13(10-17-14)15(18)19/h3-8,10H,2,9H2,1H3,(H,16,17)(H,18,19). The summed E-state index contributed by atoms with van der Waals surface area (Å²) in [6.45, 7) is 2.81. The number of rotatable bonds is 5. The average Bonchev–Trinajstić information content (AvgIpc) is 2.45. The molecule has 0 fully saturated rings. The van der Waals surface area contributed by atoms with Gasteiger partial charge in [-0.05, 0) is 29.7 Å². The second kappa shape index (κ2) is 6.00. The normalized spacial score (nSPS) is 10.2. The number of carbonyl (C=O) groups is 1. The third-order valence-electron chi connectivity index (χ3n) is 2.97. The Morgan fingerprint density at radius 2 is 1.95 bits per heavy atom. The molecular formula is C15H16N2O2. The zero-order chi connectivity index (χ0) is 13.7. The third kappa shape index (κ3) is 3.31. The molecule has 0 atom stereocenters. The number of carboxylic acid groups (broad SMARTS) is 1. The molecule has 0 aliphatic rings. The maximum absolute atomic E-state index is 10.7. The molecule has 4 nitrogen and oxygen atoms in total. The third-order valence-corrected chi connectivity index (χ3v) is 2.97. The van der Waals surface area contributed by atoms with Crippen LogP contribution in [0.15, 0.2) is 42.6 Å². The fourth-order valence-corrected chi connectivity index (χ4v) is 1.89. The molecule has 1 aromatic carbocycles. The number of hydrogen-bond donors (Lipinski definition) is 2. The van der Waals surface area contributed by atoms with E-state index in [1.165, 1.54) is 17.3 Å². The van der Waals surface area contributed by atoms with Crippen LogP contribution in [0.1, 0.15) is 28.4 Å². The Morgan fingerprint density at radius 3 is 2.53 bits per heavy atom. The summed E-state index contributed by atoms with van der Waals surface area (Å²) in [6.07, 6.45) is 2.35. The molecule has 0 bridgehead atoms. The van der Waals surface area contributed by atoms with Gasteiger partial charge < -0.3 is 10.4 Å². The Kier molecular flexibility index (Phi) is 4.13. The molecular weight excluding hydrogens is 240 g/mol. The summed E-state index contributed by atoms with van der Waals surface area (Å²) in [5, 5.41) is 12.0. The molecule has 1 heterocycles. The van der Waals surface area contributed by atoms with Crippen molar-refractivity contribution in [3.8, 4) is 0 Å². The quantitative estimate of drug-likeness (QED) is 0.863. The minimum atomic E-state index is -0.963. The van der Waals surface area contributed by atoms with Crippen LogP contribution in [0.25, 0.3) is 0 Å². The van der Waals surface area contributed by atoms with Crippen molar-refractivity contribution < 1.29 is 9.90 Å². The van der Waals surface area contributed by atoms with Crippen LogP contribution in [-0.4, -0.2) is 16.1 Å². The number of aromatic carboxylic acids is 1. The number of carboxylic acids is 1. The molecule has 98 valence electrons. The smallest absolute Gasteiger partial charge is 0.337 e. The molecule has 2 N–H and O–H groups in total. The number of anilines is 1. The van der Waals surface area contributed by atoms with Crippen LogP contribution in [0, 0.1) is 0 Å². The predicted molar refractivity (Wildman–Crippen MR) is 74.3 cm³/mol. The number of hydrogen-bond acceptors (Lipinski definition) is 3. The number of nitrogens with one attached hydrogen (secondary N) is 1. The molecule has 2 rings (SSSR count). The molecule has 0 radical (unpaired) electrons. The largest absolute Gasteiger partial charge is 0.478 e. The summed E-state index contributed by atoms with van der Waals surface area (Å²) in [7, 11) is 0. The first kappa shape index (κ1) is 13.1. The lowest BCUT2D eigenvalue weighted by atomic mass is 10.1. The van der Waals surface area contributed by atoms with Crippen LogP contribution < -0.4 is 5.32 Å². The van der Waals surface area contributed by atoms with Gasteiger partial charge in [-0.3, -0.25) is 0 Å². The highest BCUT2D eigenvalue weighted by atomic mass is 16.4. The van der Waals surface area contributed by atoms with Crippen molar-refractivity contribution in [2.24, 2.45) is 0 Å². The summed E-state index contributed by atoms with van der Waals surface area (Å²) in [5.41, 5.74) is 2.73. The minimum absolute atomic E-state index is 0.194. The first-order valence-corrected chi connectivity index (χ1v) is 6.20. The summed E-state index contributed by atoms with van der Waals surface area (Å²) in [6, 6.07) is 11.5. The number of benzene rings is 1. The van der Waals surface area contributed by atoms with Gasteiger partial charge in [-0.15, -0.1) is 0 Å². The van der Waals surface area contributed by atoms with E-state index in [9.17, 15) is 4.79 Å². The van der Waals surface area contributed by atoms with Crippen LogP contribution >= 0.6 is 0 Å². The van der Waals surface area contributed by atoms with Gasteiger partial charge in [0, 0.05) is 12.7 Å². The lowest BCUT2D eigenvalue weighted by Gasteiger charge is -2.09. The van der Waals surface area contributed by atoms with Gasteiger partial charge in [0.25, 0.3) is 0 Å². The van der Waals surface area contributed by atoms with E-state index in [2.05, 4.69) is 29.4 Å². The topological polar surface area (TPSA) is 62.2 Å². The van der Waals surface area contributed by atoms with E-state index in [1.54, 1.807) is 12.1 Å². The first-order valence-electron chi connectivity index (χ1n) is 6.20. The van der Waals surface area contributed by atoms with Crippen molar-refractivity contribution in [1.82, 2.24) is 4.98 Å². The summed E-state index contributed by atoms with van der Waals surface area (Å²) in [5.74, 6) is -0.286. The minimum Gasteiger partial charge on any atom is -0.478 e. The van der Waals surface area contributed by atoms with E-state index in [0.29, 0.717) is 12.4 Å². The van der Waals surface area contributed by atoms with Crippen molar-refractivity contribution in [2.45, 2.75) is 19.9 Å². The van der Waals surface area contributed by atoms with E-state index >= 15 is 0 Å². The lowest BCUT2D eigenvalue weighted by Crippen LogP contribution is -2.05. The van der Waals surface area contributed by atoms with E-state index in [1.807, 2.05) is 12.1 Å². The predicted octanol–water partition coefficient (Wildman–Crippen LogP) is 2.95. The van der Waals surface area contributed by atoms with Crippen LogP contribution in [0.4, 0.5) is 5.82 Å². The first-order chi connectivity index (χ1) is 9.20. The van der Waals surface area contributed by atoms with Crippen LogP contribution in [-0.2, 0) is 13.0 Å². The number of aromatic nitrogens is 1.